The molecule has 2 nitrogen and oxygen atoms in total. The van der Waals surface area contributed by atoms with Crippen molar-refractivity contribution < 1.29 is 9.13 Å². The summed E-state index contributed by atoms with van der Waals surface area (Å²) in [5.41, 5.74) is 0.920. The molecule has 0 radical (unpaired) electrons. The third-order valence-electron chi connectivity index (χ3n) is 3.64. The number of benzene rings is 1. The van der Waals surface area contributed by atoms with E-state index in [0.29, 0.717) is 17.7 Å². The van der Waals surface area contributed by atoms with Gasteiger partial charge in [-0.2, -0.15) is 0 Å². The molecule has 19 heavy (non-hydrogen) atoms. The second kappa shape index (κ2) is 7.22. The van der Waals surface area contributed by atoms with Crippen molar-refractivity contribution in [3.63, 3.8) is 0 Å². The number of hydrogen-bond acceptors (Lipinski definition) is 2. The zero-order valence-electron chi connectivity index (χ0n) is 11.3. The van der Waals surface area contributed by atoms with E-state index in [2.05, 4.69) is 5.32 Å². The van der Waals surface area contributed by atoms with Crippen LogP contribution in [-0.2, 0) is 4.74 Å². The molecule has 0 spiro atoms. The lowest BCUT2D eigenvalue weighted by Crippen LogP contribution is -2.25. The minimum Gasteiger partial charge on any atom is -0.377 e. The molecule has 0 heterocycles. The molecule has 4 heteroatoms. The molecule has 0 bridgehead atoms. The largest absolute Gasteiger partial charge is 0.377 e. The van der Waals surface area contributed by atoms with Crippen molar-refractivity contribution in [2.45, 2.75) is 44.8 Å². The van der Waals surface area contributed by atoms with Gasteiger partial charge in [0.15, 0.2) is 0 Å². The first kappa shape index (κ1) is 14.8. The molecule has 1 aromatic carbocycles. The molecule has 0 aromatic heterocycles. The summed E-state index contributed by atoms with van der Waals surface area (Å²) in [4.78, 5) is 0. The second-order valence-electron chi connectivity index (χ2n) is 5.12. The van der Waals surface area contributed by atoms with Crippen LogP contribution in [0.4, 0.5) is 4.39 Å². The number of halogens is 2. The summed E-state index contributed by atoms with van der Waals surface area (Å²) >= 11 is 6.03. The van der Waals surface area contributed by atoms with Crippen LogP contribution < -0.4 is 5.32 Å². The zero-order valence-corrected chi connectivity index (χ0v) is 12.0. The lowest BCUT2D eigenvalue weighted by atomic mass is 10.1. The van der Waals surface area contributed by atoms with Crippen LogP contribution in [0.2, 0.25) is 5.02 Å². The van der Waals surface area contributed by atoms with Gasteiger partial charge in [-0.3, -0.25) is 0 Å². The van der Waals surface area contributed by atoms with Gasteiger partial charge in [0.1, 0.15) is 5.82 Å². The van der Waals surface area contributed by atoms with Crippen molar-refractivity contribution in [3.05, 3.63) is 34.6 Å². The van der Waals surface area contributed by atoms with Crippen LogP contribution >= 0.6 is 11.6 Å². The average Bonchev–Trinajstić information content (AvgIpc) is 2.87. The molecule has 1 aliphatic carbocycles. The Labute approximate surface area is 119 Å². The summed E-state index contributed by atoms with van der Waals surface area (Å²) in [6, 6.07) is 4.62. The molecule has 1 unspecified atom stereocenters. The Morgan fingerprint density at radius 3 is 2.84 bits per heavy atom. The van der Waals surface area contributed by atoms with Gasteiger partial charge in [-0.15, -0.1) is 0 Å². The van der Waals surface area contributed by atoms with Gasteiger partial charge in [0.2, 0.25) is 0 Å². The van der Waals surface area contributed by atoms with Crippen LogP contribution in [0.25, 0.3) is 0 Å². The van der Waals surface area contributed by atoms with Gasteiger partial charge in [-0.1, -0.05) is 30.5 Å². The van der Waals surface area contributed by atoms with Gasteiger partial charge in [-0.25, -0.2) is 4.39 Å². The predicted molar refractivity (Wildman–Crippen MR) is 76.0 cm³/mol. The van der Waals surface area contributed by atoms with E-state index in [1.807, 2.05) is 6.92 Å². The number of ether oxygens (including phenoxy) is 1. The van der Waals surface area contributed by atoms with E-state index in [0.717, 1.165) is 12.1 Å². The highest BCUT2D eigenvalue weighted by Crippen LogP contribution is 2.23. The Morgan fingerprint density at radius 1 is 1.42 bits per heavy atom. The highest BCUT2D eigenvalue weighted by atomic mass is 35.5. The van der Waals surface area contributed by atoms with Gasteiger partial charge >= 0.3 is 0 Å². The molecule has 1 atom stereocenters. The fourth-order valence-electron chi connectivity index (χ4n) is 2.52. The topological polar surface area (TPSA) is 21.3 Å². The lowest BCUT2D eigenvalue weighted by Gasteiger charge is -2.17. The normalized spacial score (nSPS) is 17.8. The fourth-order valence-corrected chi connectivity index (χ4v) is 2.85. The maximum Gasteiger partial charge on any atom is 0.124 e. The second-order valence-corrected chi connectivity index (χ2v) is 5.53. The number of hydrogen-bond donors (Lipinski definition) is 1. The third kappa shape index (κ3) is 4.44. The Bertz CT molecular complexity index is 407. The molecule has 2 rings (SSSR count). The maximum atomic E-state index is 13.0. The van der Waals surface area contributed by atoms with E-state index in [1.165, 1.54) is 37.8 Å². The monoisotopic (exact) mass is 285 g/mol. The molecule has 1 aliphatic rings. The maximum absolute atomic E-state index is 13.0. The first-order valence-electron chi connectivity index (χ1n) is 6.97. The van der Waals surface area contributed by atoms with Gasteiger partial charge in [-0.05, 0) is 37.5 Å². The molecular formula is C15H21ClFNO. The minimum absolute atomic E-state index is 0.0975. The summed E-state index contributed by atoms with van der Waals surface area (Å²) in [5.74, 6) is -0.300. The van der Waals surface area contributed by atoms with Gasteiger partial charge in [0.05, 0.1) is 12.7 Å². The van der Waals surface area contributed by atoms with Crippen molar-refractivity contribution in [2.24, 2.45) is 0 Å². The average molecular weight is 286 g/mol. The van der Waals surface area contributed by atoms with E-state index in [-0.39, 0.29) is 11.9 Å². The summed E-state index contributed by atoms with van der Waals surface area (Å²) in [6.45, 7) is 3.52. The van der Waals surface area contributed by atoms with Crippen molar-refractivity contribution >= 4 is 11.6 Å². The number of rotatable bonds is 6. The van der Waals surface area contributed by atoms with E-state index < -0.39 is 0 Å². The summed E-state index contributed by atoms with van der Waals surface area (Å²) < 4.78 is 18.7. The predicted octanol–water partition coefficient (Wildman–Crippen LogP) is 4.09. The smallest absolute Gasteiger partial charge is 0.124 e. The molecule has 0 amide bonds. The Hall–Kier alpha value is -0.640. The van der Waals surface area contributed by atoms with Crippen molar-refractivity contribution in [2.75, 3.05) is 13.2 Å². The highest BCUT2D eigenvalue weighted by molar-refractivity contribution is 6.31. The van der Waals surface area contributed by atoms with E-state index in [1.54, 1.807) is 6.07 Å². The van der Waals surface area contributed by atoms with E-state index >= 15 is 0 Å². The first-order valence-corrected chi connectivity index (χ1v) is 7.34. The highest BCUT2D eigenvalue weighted by Gasteiger charge is 2.15. The van der Waals surface area contributed by atoms with Crippen LogP contribution in [0.15, 0.2) is 18.2 Å². The Kier molecular flexibility index (Phi) is 5.61. The van der Waals surface area contributed by atoms with Crippen LogP contribution in [0.5, 0.6) is 0 Å². The molecule has 106 valence electrons. The standard InChI is InChI=1S/C15H21ClFNO/c1-11(14-7-6-12(17)10-15(14)16)18-8-9-19-13-4-2-3-5-13/h6-7,10-11,13,18H,2-5,8-9H2,1H3. The van der Waals surface area contributed by atoms with Crippen LogP contribution in [0, 0.1) is 5.82 Å². The van der Waals surface area contributed by atoms with E-state index in [9.17, 15) is 4.39 Å². The quantitative estimate of drug-likeness (QED) is 0.795. The van der Waals surface area contributed by atoms with Gasteiger partial charge in [0.25, 0.3) is 0 Å². The molecule has 1 aromatic rings. The fraction of sp³-hybridized carbons (Fsp3) is 0.600. The number of nitrogens with one attached hydrogen (secondary N) is 1. The molecule has 1 N–H and O–H groups in total. The van der Waals surface area contributed by atoms with Gasteiger partial charge < -0.3 is 10.1 Å². The van der Waals surface area contributed by atoms with Crippen LogP contribution in [-0.4, -0.2) is 19.3 Å². The Balaban J connectivity index is 1.72. The van der Waals surface area contributed by atoms with Crippen LogP contribution in [0.1, 0.15) is 44.2 Å². The van der Waals surface area contributed by atoms with Crippen molar-refractivity contribution in [3.8, 4) is 0 Å². The van der Waals surface area contributed by atoms with Crippen molar-refractivity contribution in [1.29, 1.82) is 0 Å². The summed E-state index contributed by atoms with van der Waals surface area (Å²) in [7, 11) is 0. The molecule has 0 saturated heterocycles. The zero-order chi connectivity index (χ0) is 13.7. The summed E-state index contributed by atoms with van der Waals surface area (Å²) in [5, 5.41) is 3.82. The molecule has 1 saturated carbocycles. The van der Waals surface area contributed by atoms with Crippen molar-refractivity contribution in [1.82, 2.24) is 5.32 Å². The SMILES string of the molecule is CC(NCCOC1CCCC1)c1ccc(F)cc1Cl. The van der Waals surface area contributed by atoms with Gasteiger partial charge in [0, 0.05) is 17.6 Å². The third-order valence-corrected chi connectivity index (χ3v) is 3.96. The molecule has 1 fully saturated rings. The first-order chi connectivity index (χ1) is 9.16. The minimum atomic E-state index is -0.300. The summed E-state index contributed by atoms with van der Waals surface area (Å²) in [6.07, 6.45) is 5.42. The molecular weight excluding hydrogens is 265 g/mol. The van der Waals surface area contributed by atoms with E-state index in [4.69, 9.17) is 16.3 Å². The lowest BCUT2D eigenvalue weighted by molar-refractivity contribution is 0.0593. The van der Waals surface area contributed by atoms with Crippen LogP contribution in [0.3, 0.4) is 0 Å². The Morgan fingerprint density at radius 2 is 2.16 bits per heavy atom. The molecule has 0 aliphatic heterocycles.